The Labute approximate surface area is 425 Å². The molecule has 5 aromatic carbocycles. The molecule has 0 aromatic heterocycles. The molecular formula is C56H63N5O8S2. The van der Waals surface area contributed by atoms with E-state index in [-0.39, 0.29) is 42.9 Å². The number of para-hydroxylation sites is 1. The smallest absolute Gasteiger partial charge is 0.261 e. The molecule has 3 aliphatic heterocycles. The quantitative estimate of drug-likeness (QED) is 0.0412. The molecule has 13 nitrogen and oxygen atoms in total. The van der Waals surface area contributed by atoms with Crippen LogP contribution in [-0.4, -0.2) is 73.7 Å². The van der Waals surface area contributed by atoms with E-state index in [9.17, 15) is 19.2 Å². The van der Waals surface area contributed by atoms with E-state index in [4.69, 9.17) is 28.9 Å². The molecule has 0 saturated carbocycles. The molecule has 2 unspecified atom stereocenters. The Balaban J connectivity index is 0.00000241. The molecule has 71 heavy (non-hydrogen) atoms. The van der Waals surface area contributed by atoms with Gasteiger partial charge in [-0.05, 0) is 96.8 Å². The van der Waals surface area contributed by atoms with Crippen molar-refractivity contribution in [2.24, 2.45) is 9.98 Å². The molecule has 3 aliphatic rings. The molecule has 0 bridgehead atoms. The first-order chi connectivity index (χ1) is 34.5. The first-order valence-corrected chi connectivity index (χ1v) is 26.6. The molecule has 8 rings (SSSR count). The van der Waals surface area contributed by atoms with Crippen LogP contribution in [0.2, 0.25) is 0 Å². The van der Waals surface area contributed by atoms with Gasteiger partial charge in [-0.15, -0.1) is 0 Å². The van der Waals surface area contributed by atoms with Crippen LogP contribution in [0, 0.1) is 0 Å². The maximum absolute atomic E-state index is 14.0. The van der Waals surface area contributed by atoms with Crippen LogP contribution in [0.4, 0.5) is 22.7 Å². The summed E-state index contributed by atoms with van der Waals surface area (Å²) in [5.74, 6) is 2.65. The average molecular weight is 998 g/mol. The third-order valence-corrected chi connectivity index (χ3v) is 15.0. The van der Waals surface area contributed by atoms with Crippen LogP contribution < -0.4 is 34.5 Å². The number of Topliss-reactive ketones (excluding diaryl/α,β-unsaturated/α-hetero) is 1. The van der Waals surface area contributed by atoms with Crippen molar-refractivity contribution in [1.82, 2.24) is 5.32 Å². The van der Waals surface area contributed by atoms with Gasteiger partial charge in [0.1, 0.15) is 19.0 Å². The summed E-state index contributed by atoms with van der Waals surface area (Å²) in [6.45, 7) is 8.24. The van der Waals surface area contributed by atoms with Gasteiger partial charge in [0.25, 0.3) is 5.91 Å². The molecule has 3 amide bonds. The summed E-state index contributed by atoms with van der Waals surface area (Å²) in [7, 11) is 6.70. The highest BCUT2D eigenvalue weighted by molar-refractivity contribution is 8.76. The van der Waals surface area contributed by atoms with Crippen molar-refractivity contribution in [3.8, 4) is 34.1 Å². The Morgan fingerprint density at radius 3 is 2.08 bits per heavy atom. The number of aliphatic imine (C=N–C) groups is 2. The summed E-state index contributed by atoms with van der Waals surface area (Å²) in [4.78, 5) is 61.5. The second-order valence-corrected chi connectivity index (χ2v) is 20.6. The second-order valence-electron chi connectivity index (χ2n) is 17.7. The topological polar surface area (TPSA) is 157 Å². The van der Waals surface area contributed by atoms with E-state index >= 15 is 0 Å². The number of hydrogen-bond acceptors (Lipinski definition) is 12. The van der Waals surface area contributed by atoms with Crippen molar-refractivity contribution in [3.05, 3.63) is 119 Å². The molecule has 0 aliphatic carbocycles. The molecule has 0 radical (unpaired) electrons. The number of carbonyl (C=O) groups is 4. The summed E-state index contributed by atoms with van der Waals surface area (Å²) in [5.41, 5.74) is 8.56. The van der Waals surface area contributed by atoms with Crippen LogP contribution in [0.5, 0.6) is 23.0 Å². The minimum Gasteiger partial charge on any atom is -0.493 e. The van der Waals surface area contributed by atoms with E-state index in [0.717, 1.165) is 64.1 Å². The van der Waals surface area contributed by atoms with Crippen molar-refractivity contribution >= 4 is 80.8 Å². The number of ketones is 1. The number of nitrogens with zero attached hydrogens (tertiary/aromatic N) is 3. The van der Waals surface area contributed by atoms with Crippen molar-refractivity contribution in [2.75, 3.05) is 30.2 Å². The van der Waals surface area contributed by atoms with Crippen LogP contribution in [0.15, 0.2) is 101 Å². The lowest BCUT2D eigenvalue weighted by atomic mass is 9.93. The fourth-order valence-corrected chi connectivity index (χ4v) is 11.1. The Morgan fingerprint density at radius 1 is 0.775 bits per heavy atom. The van der Waals surface area contributed by atoms with Gasteiger partial charge in [0.2, 0.25) is 12.3 Å². The molecule has 372 valence electrons. The van der Waals surface area contributed by atoms with Gasteiger partial charge < -0.3 is 34.4 Å². The lowest BCUT2D eigenvalue weighted by molar-refractivity contribution is -0.117. The monoisotopic (exact) mass is 997 g/mol. The predicted molar refractivity (Wildman–Crippen MR) is 288 cm³/mol. The SMILES string of the molecule is CCC.COc1cc2c(cc1OCc1cc(COc3cc4c(cc3OC)-c3ccccc3C[C@H](NC=O)C=N4)cc(NC(=O)CCCC(C)SSCCCC(C)=O)c1)N=CC1Cc3ccccc3N1C2=O. The Hall–Kier alpha value is -6.58. The molecular weight excluding hydrogens is 935 g/mol. The molecule has 0 saturated heterocycles. The highest BCUT2D eigenvalue weighted by atomic mass is 33.1. The number of nitrogens with one attached hydrogen (secondary N) is 2. The number of fused-ring (bicyclic) bond motifs is 7. The number of methoxy groups -OCH3 is 2. The van der Waals surface area contributed by atoms with E-state index in [2.05, 4.69) is 31.4 Å². The molecule has 5 aromatic rings. The van der Waals surface area contributed by atoms with Gasteiger partial charge in [-0.3, -0.25) is 29.3 Å². The van der Waals surface area contributed by atoms with Gasteiger partial charge in [0.15, 0.2) is 23.0 Å². The minimum atomic E-state index is -0.292. The van der Waals surface area contributed by atoms with E-state index < -0.39 is 0 Å². The van der Waals surface area contributed by atoms with Crippen molar-refractivity contribution in [3.63, 3.8) is 0 Å². The first kappa shape index (κ1) is 52.2. The fourth-order valence-electron chi connectivity index (χ4n) is 8.63. The number of ether oxygens (including phenoxy) is 4. The van der Waals surface area contributed by atoms with Gasteiger partial charge in [-0.1, -0.05) is 91.2 Å². The minimum absolute atomic E-state index is 0.0940. The average Bonchev–Trinajstić information content (AvgIpc) is 3.67. The first-order valence-electron chi connectivity index (χ1n) is 24.2. The van der Waals surface area contributed by atoms with Gasteiger partial charge in [0, 0.05) is 71.8 Å². The molecule has 3 heterocycles. The number of amides is 3. The summed E-state index contributed by atoms with van der Waals surface area (Å²) in [5, 5.41) is 6.33. The van der Waals surface area contributed by atoms with Gasteiger partial charge in [0.05, 0.1) is 43.2 Å². The van der Waals surface area contributed by atoms with Crippen LogP contribution in [0.3, 0.4) is 0 Å². The van der Waals surface area contributed by atoms with E-state index in [1.165, 1.54) is 13.5 Å². The normalized spacial score (nSPS) is 15.4. The van der Waals surface area contributed by atoms with E-state index in [1.807, 2.05) is 85.1 Å². The van der Waals surface area contributed by atoms with Crippen molar-refractivity contribution in [2.45, 2.75) is 110 Å². The van der Waals surface area contributed by atoms with Gasteiger partial charge in [-0.2, -0.15) is 0 Å². The number of anilines is 2. The van der Waals surface area contributed by atoms with Crippen LogP contribution in [-0.2, 0) is 40.4 Å². The highest BCUT2D eigenvalue weighted by Crippen LogP contribution is 2.44. The summed E-state index contributed by atoms with van der Waals surface area (Å²) in [6, 6.07) is 28.4. The Bertz CT molecular complexity index is 2760. The van der Waals surface area contributed by atoms with Crippen LogP contribution in [0.25, 0.3) is 11.1 Å². The van der Waals surface area contributed by atoms with Gasteiger partial charge >= 0.3 is 0 Å². The maximum atomic E-state index is 14.0. The number of hydrogen-bond donors (Lipinski definition) is 2. The fraction of sp³-hybridized carbons (Fsp3) is 0.357. The summed E-state index contributed by atoms with van der Waals surface area (Å²) >= 11 is 0. The Kier molecular flexibility index (Phi) is 18.8. The molecule has 0 fully saturated rings. The number of benzene rings is 5. The largest absolute Gasteiger partial charge is 0.493 e. The van der Waals surface area contributed by atoms with E-state index in [0.29, 0.717) is 83.0 Å². The van der Waals surface area contributed by atoms with Gasteiger partial charge in [-0.25, -0.2) is 0 Å². The zero-order valence-corrected chi connectivity index (χ0v) is 43.0. The third-order valence-electron chi connectivity index (χ3n) is 12.0. The molecule has 2 N–H and O–H groups in total. The lowest BCUT2D eigenvalue weighted by Gasteiger charge is -2.22. The Morgan fingerprint density at radius 2 is 1.41 bits per heavy atom. The molecule has 3 atom stereocenters. The van der Waals surface area contributed by atoms with Crippen molar-refractivity contribution < 1.29 is 38.1 Å². The zero-order chi connectivity index (χ0) is 50.3. The number of rotatable bonds is 21. The summed E-state index contributed by atoms with van der Waals surface area (Å²) in [6.07, 6.45) is 10.2. The van der Waals surface area contributed by atoms with Crippen LogP contribution in [0.1, 0.15) is 98.8 Å². The highest BCUT2D eigenvalue weighted by Gasteiger charge is 2.36. The van der Waals surface area contributed by atoms with Crippen molar-refractivity contribution in [1.29, 1.82) is 0 Å². The molecule has 0 spiro atoms. The molecule has 15 heteroatoms. The number of carbonyl (C=O) groups excluding carboxylic acids is 4. The summed E-state index contributed by atoms with van der Waals surface area (Å²) < 4.78 is 24.6. The maximum Gasteiger partial charge on any atom is 0.261 e. The lowest BCUT2D eigenvalue weighted by Crippen LogP contribution is -2.37. The van der Waals surface area contributed by atoms with Crippen LogP contribution >= 0.6 is 21.6 Å². The standard InChI is InChI=1S/C53H55N5O8S2.C3H8/c1-33(60)11-10-18-67-68-34(2)12-9-17-52(61)57-39-20-35(30-65-50-26-45-43(24-48(50)63-3)42-15-7-5-13-37(42)22-40(28-54-45)56-32-59)19-36(21-39)31-66-51-27-46-44(25-49(51)64-4)53(62)58-41(29-55-46)23-38-14-6-8-16-47(38)58;1-3-2/h5-8,13-16,19-21,24-29,32,34,40-41H,9-12,17-18,22-23,30-31H2,1-4H3,(H,56,59)(H,57,61);3H2,1-2H3/t34?,40-,41?;/m0./s1. The second kappa shape index (κ2) is 25.5. The predicted octanol–water partition coefficient (Wildman–Crippen LogP) is 11.9. The third kappa shape index (κ3) is 13.6. The zero-order valence-electron chi connectivity index (χ0n) is 41.3. The van der Waals surface area contributed by atoms with E-state index in [1.54, 1.807) is 58.9 Å².